The third kappa shape index (κ3) is 3.94. The van der Waals surface area contributed by atoms with Gasteiger partial charge in [0.2, 0.25) is 0 Å². The highest BCUT2D eigenvalue weighted by Gasteiger charge is 2.64. The van der Waals surface area contributed by atoms with E-state index in [1.807, 2.05) is 24.3 Å². The summed E-state index contributed by atoms with van der Waals surface area (Å²) in [5.41, 5.74) is 6.71. The van der Waals surface area contributed by atoms with E-state index in [1.54, 1.807) is 6.07 Å². The largest absolute Gasteiger partial charge is 0.508 e. The van der Waals surface area contributed by atoms with E-state index < -0.39 is 6.10 Å². The van der Waals surface area contributed by atoms with E-state index in [0.29, 0.717) is 35.4 Å². The first-order chi connectivity index (χ1) is 20.0. The Morgan fingerprint density at radius 2 is 1.79 bits per heavy atom. The number of hydrogen-bond donors (Lipinski definition) is 3. The van der Waals surface area contributed by atoms with Crippen molar-refractivity contribution in [2.24, 2.45) is 11.8 Å². The van der Waals surface area contributed by atoms with E-state index in [0.717, 1.165) is 38.9 Å². The molecule has 1 spiro atoms. The first kappa shape index (κ1) is 28.0. The normalized spacial score (nSPS) is 37.1. The van der Waals surface area contributed by atoms with Gasteiger partial charge in [0.05, 0.1) is 0 Å². The van der Waals surface area contributed by atoms with Crippen molar-refractivity contribution in [1.29, 1.82) is 0 Å². The van der Waals surface area contributed by atoms with Crippen LogP contribution in [0.2, 0.25) is 0 Å². The highest BCUT2D eigenvalue weighted by Crippen LogP contribution is 2.62. The molecule has 0 saturated carbocycles. The fraction of sp³-hybridized carbons (Fsp3) is 0.556. The van der Waals surface area contributed by atoms with E-state index in [-0.39, 0.29) is 22.7 Å². The average molecular weight is 571 g/mol. The molecule has 8 atom stereocenters. The van der Waals surface area contributed by atoms with Crippen LogP contribution in [0.1, 0.15) is 62.8 Å². The molecule has 6 aliphatic rings. The van der Waals surface area contributed by atoms with Crippen LogP contribution in [0.3, 0.4) is 0 Å². The topological polar surface area (TPSA) is 76.4 Å². The van der Waals surface area contributed by atoms with Gasteiger partial charge in [-0.15, -0.1) is 0 Å². The molecule has 6 heteroatoms. The quantitative estimate of drug-likeness (QED) is 0.438. The van der Waals surface area contributed by atoms with Crippen molar-refractivity contribution in [3.05, 3.63) is 76.4 Å². The van der Waals surface area contributed by atoms with Crippen molar-refractivity contribution < 1.29 is 20.1 Å². The Balaban J connectivity index is 0.000000137. The lowest BCUT2D eigenvalue weighted by molar-refractivity contribution is -0.0453. The third-order valence-corrected chi connectivity index (χ3v) is 12.0. The number of aliphatic hydroxyl groups excluding tert-OH is 1. The van der Waals surface area contributed by atoms with Crippen molar-refractivity contribution in [1.82, 2.24) is 9.80 Å². The number of fused-ring (bicyclic) bond motifs is 4. The van der Waals surface area contributed by atoms with Gasteiger partial charge >= 0.3 is 0 Å². The summed E-state index contributed by atoms with van der Waals surface area (Å²) in [6.07, 6.45) is 9.82. The molecule has 2 aromatic rings. The van der Waals surface area contributed by atoms with Crippen LogP contribution in [0.5, 0.6) is 17.2 Å². The van der Waals surface area contributed by atoms with E-state index in [9.17, 15) is 15.3 Å². The molecule has 3 heterocycles. The molecule has 3 aliphatic carbocycles. The molecule has 3 unspecified atom stereocenters. The van der Waals surface area contributed by atoms with E-state index in [2.05, 4.69) is 62.8 Å². The van der Waals surface area contributed by atoms with Crippen molar-refractivity contribution in [3.8, 4) is 17.2 Å². The fourth-order valence-electron chi connectivity index (χ4n) is 9.46. The number of phenols is 2. The number of allylic oxidation sites excluding steroid dienone is 1. The van der Waals surface area contributed by atoms with Gasteiger partial charge in [-0.05, 0) is 106 Å². The molecule has 2 fully saturated rings. The summed E-state index contributed by atoms with van der Waals surface area (Å²) >= 11 is 0. The van der Waals surface area contributed by atoms with Gasteiger partial charge in [0.25, 0.3) is 0 Å². The van der Waals surface area contributed by atoms with Crippen LogP contribution >= 0.6 is 0 Å². The first-order valence-corrected chi connectivity index (χ1v) is 15.8. The number of aromatic hydroxyl groups is 2. The molecule has 3 N–H and O–H groups in total. The number of nitrogens with zero attached hydrogens (tertiary/aromatic N) is 2. The maximum atomic E-state index is 10.4. The second kappa shape index (κ2) is 9.87. The third-order valence-electron chi connectivity index (χ3n) is 12.0. The minimum absolute atomic E-state index is 0.160. The van der Waals surface area contributed by atoms with E-state index in [1.165, 1.54) is 34.2 Å². The molecule has 2 saturated heterocycles. The lowest BCUT2D eigenvalue weighted by Gasteiger charge is -2.56. The average Bonchev–Trinajstić information content (AvgIpc) is 3.32. The SMILES string of the molecule is CC(C)=CCN1CCC2(C)c3cc(O)ccc3CC1C2C.CN1CC[C@]23c4c5ccc(O)c4O[C@H]2[C@@H](O)C=C[C@H]3[C@H]1C5. The molecule has 0 amide bonds. The highest BCUT2D eigenvalue weighted by atomic mass is 16.5. The van der Waals surface area contributed by atoms with Crippen LogP contribution in [0.25, 0.3) is 0 Å². The van der Waals surface area contributed by atoms with E-state index >= 15 is 0 Å². The summed E-state index contributed by atoms with van der Waals surface area (Å²) in [6.45, 7) is 12.4. The molecule has 3 aliphatic heterocycles. The summed E-state index contributed by atoms with van der Waals surface area (Å²) in [5, 5.41) is 30.5. The molecule has 0 radical (unpaired) electrons. The highest BCUT2D eigenvalue weighted by molar-refractivity contribution is 5.61. The minimum Gasteiger partial charge on any atom is -0.508 e. The zero-order valence-electron chi connectivity index (χ0n) is 25.7. The summed E-state index contributed by atoms with van der Waals surface area (Å²) in [6, 6.07) is 10.8. The number of aliphatic hydroxyl groups is 1. The lowest BCUT2D eigenvalue weighted by atomic mass is 9.53. The first-order valence-electron chi connectivity index (χ1n) is 15.8. The second-order valence-electron chi connectivity index (χ2n) is 14.3. The van der Waals surface area contributed by atoms with Gasteiger partial charge in [-0.2, -0.15) is 0 Å². The number of benzene rings is 2. The number of phenolic OH excluding ortho intramolecular Hbond substituents is 2. The molecule has 224 valence electrons. The van der Waals surface area contributed by atoms with Gasteiger partial charge in [-0.25, -0.2) is 0 Å². The van der Waals surface area contributed by atoms with Crippen molar-refractivity contribution in [2.75, 3.05) is 26.7 Å². The zero-order valence-corrected chi connectivity index (χ0v) is 25.7. The number of rotatable bonds is 2. The molecule has 6 nitrogen and oxygen atoms in total. The Bertz CT molecular complexity index is 1460. The van der Waals surface area contributed by atoms with Crippen LogP contribution in [0, 0.1) is 11.8 Å². The Labute approximate surface area is 250 Å². The van der Waals surface area contributed by atoms with Gasteiger partial charge < -0.3 is 25.0 Å². The van der Waals surface area contributed by atoms with Gasteiger partial charge in [-0.3, -0.25) is 4.90 Å². The summed E-state index contributed by atoms with van der Waals surface area (Å²) in [5.74, 6) is 2.23. The Morgan fingerprint density at radius 3 is 2.57 bits per heavy atom. The Kier molecular flexibility index (Phi) is 6.58. The molecular formula is C36H46N2O4. The number of ether oxygens (including phenoxy) is 1. The molecule has 2 aromatic carbocycles. The zero-order chi connectivity index (χ0) is 29.6. The monoisotopic (exact) mass is 570 g/mol. The maximum Gasteiger partial charge on any atom is 0.165 e. The van der Waals surface area contributed by atoms with Crippen LogP contribution in [-0.4, -0.2) is 76.1 Å². The van der Waals surface area contributed by atoms with Gasteiger partial charge in [0.15, 0.2) is 11.5 Å². The number of hydrogen-bond acceptors (Lipinski definition) is 6. The summed E-state index contributed by atoms with van der Waals surface area (Å²) in [7, 11) is 2.19. The van der Waals surface area contributed by atoms with Crippen LogP contribution in [-0.2, 0) is 23.7 Å². The number of likely N-dealkylation sites (N-methyl/N-ethyl adjacent to an activating group) is 1. The number of likely N-dealkylation sites (tertiary alicyclic amines) is 2. The Hall–Kier alpha value is -2.80. The van der Waals surface area contributed by atoms with Crippen molar-refractivity contribution in [2.45, 2.75) is 88.5 Å². The second-order valence-corrected chi connectivity index (χ2v) is 14.3. The van der Waals surface area contributed by atoms with Crippen molar-refractivity contribution in [3.63, 3.8) is 0 Å². The van der Waals surface area contributed by atoms with Crippen LogP contribution < -0.4 is 4.74 Å². The van der Waals surface area contributed by atoms with Gasteiger partial charge in [0, 0.05) is 35.5 Å². The summed E-state index contributed by atoms with van der Waals surface area (Å²) < 4.78 is 6.09. The smallest absolute Gasteiger partial charge is 0.165 e. The molecule has 0 aromatic heterocycles. The maximum absolute atomic E-state index is 10.4. The van der Waals surface area contributed by atoms with Crippen molar-refractivity contribution >= 4 is 0 Å². The predicted octanol–water partition coefficient (Wildman–Crippen LogP) is 5.08. The fourth-order valence-corrected chi connectivity index (χ4v) is 9.46. The Morgan fingerprint density at radius 1 is 1.02 bits per heavy atom. The van der Waals surface area contributed by atoms with Gasteiger partial charge in [-0.1, -0.05) is 49.8 Å². The van der Waals surface area contributed by atoms with Gasteiger partial charge in [0.1, 0.15) is 18.0 Å². The van der Waals surface area contributed by atoms with Crippen LogP contribution in [0.15, 0.2) is 54.1 Å². The lowest BCUT2D eigenvalue weighted by Crippen LogP contribution is -2.64. The standard InChI is InChI=1S/C19H27NO.C17H19NO3/c1-13(2)7-9-20-10-8-19(4)14(3)18(20)11-15-5-6-16(21)12-17(15)19;1-18-7-6-17-10-3-5-13(20)16(17)21-15-12(19)4-2-9(14(15)17)8-11(10)18/h5-7,12,14,18,21H,8-11H2,1-4H3;2-5,10-11,13,16,19-20H,6-8H2,1H3/t;10-,11+,13-,16-,17-/m.0/s1. The van der Waals surface area contributed by atoms with E-state index in [4.69, 9.17) is 4.74 Å². The molecule has 4 bridgehead atoms. The molecular weight excluding hydrogens is 524 g/mol. The summed E-state index contributed by atoms with van der Waals surface area (Å²) in [4.78, 5) is 5.08. The minimum atomic E-state index is -0.594. The predicted molar refractivity (Wildman–Crippen MR) is 165 cm³/mol. The molecule has 8 rings (SSSR count). The molecule has 42 heavy (non-hydrogen) atoms. The number of piperidine rings is 2. The van der Waals surface area contributed by atoms with Crippen LogP contribution in [0.4, 0.5) is 0 Å².